The van der Waals surface area contributed by atoms with E-state index in [2.05, 4.69) is 5.10 Å². The minimum Gasteiger partial charge on any atom is -0.301 e. The molecule has 12 heteroatoms. The number of imide groups is 1. The van der Waals surface area contributed by atoms with Crippen LogP contribution in [-0.2, 0) is 17.5 Å². The number of fused-ring (bicyclic) bond motifs is 1. The van der Waals surface area contributed by atoms with Gasteiger partial charge in [0.05, 0.1) is 34.8 Å². The number of carbonyl (C=O) groups excluding carboxylic acids is 2. The van der Waals surface area contributed by atoms with Crippen LogP contribution >= 0.6 is 23.4 Å². The second-order valence-corrected chi connectivity index (χ2v) is 10.7. The van der Waals surface area contributed by atoms with E-state index in [1.165, 1.54) is 23.0 Å². The molecule has 0 N–H and O–H groups in total. The van der Waals surface area contributed by atoms with E-state index in [9.17, 15) is 27.2 Å². The Morgan fingerprint density at radius 3 is 2.68 bits per heavy atom. The van der Waals surface area contributed by atoms with Gasteiger partial charge in [0.2, 0.25) is 0 Å². The molecule has 3 heterocycles. The minimum atomic E-state index is -4.56. The third kappa shape index (κ3) is 5.19. The molecule has 5 rings (SSSR count). The zero-order chi connectivity index (χ0) is 27.2. The van der Waals surface area contributed by atoms with Gasteiger partial charge >= 0.3 is 6.18 Å². The highest BCUT2D eigenvalue weighted by Gasteiger charge is 2.44. The van der Waals surface area contributed by atoms with Gasteiger partial charge in [-0.25, -0.2) is 4.39 Å². The largest absolute Gasteiger partial charge is 0.416 e. The maximum atomic E-state index is 14.8. The Labute approximate surface area is 225 Å². The molecule has 2 atom stereocenters. The zero-order valence-electron chi connectivity index (χ0n) is 20.2. The summed E-state index contributed by atoms with van der Waals surface area (Å²) in [5, 5.41) is 4.40. The number of thioether (sulfide) groups is 1. The molecule has 200 valence electrons. The van der Waals surface area contributed by atoms with Crippen molar-refractivity contribution in [3.63, 3.8) is 0 Å². The number of benzene rings is 2. The number of halogens is 5. The number of amides is 2. The first kappa shape index (κ1) is 26.7. The van der Waals surface area contributed by atoms with Crippen molar-refractivity contribution in [3.8, 4) is 0 Å². The summed E-state index contributed by atoms with van der Waals surface area (Å²) in [5.41, 5.74) is 0.418. The summed E-state index contributed by atoms with van der Waals surface area (Å²) in [4.78, 5) is 28.9. The maximum Gasteiger partial charge on any atom is 0.416 e. The van der Waals surface area contributed by atoms with Crippen molar-refractivity contribution in [1.29, 1.82) is 0 Å². The summed E-state index contributed by atoms with van der Waals surface area (Å²) >= 11 is 6.56. The summed E-state index contributed by atoms with van der Waals surface area (Å²) in [7, 11) is 0. The highest BCUT2D eigenvalue weighted by atomic mass is 35.5. The van der Waals surface area contributed by atoms with Crippen LogP contribution in [-0.4, -0.2) is 62.6 Å². The molecule has 2 aliphatic rings. The Hall–Kier alpha value is -2.89. The van der Waals surface area contributed by atoms with E-state index in [4.69, 9.17) is 11.6 Å². The number of hydrogen-bond donors (Lipinski definition) is 0. The second-order valence-electron chi connectivity index (χ2n) is 9.24. The Bertz CT molecular complexity index is 1440. The molecule has 0 unspecified atom stereocenters. The first-order chi connectivity index (χ1) is 18.0. The quantitative estimate of drug-likeness (QED) is 0.271. The van der Waals surface area contributed by atoms with Gasteiger partial charge in [-0.2, -0.15) is 18.3 Å². The van der Waals surface area contributed by atoms with Crippen molar-refractivity contribution < 1.29 is 27.2 Å². The van der Waals surface area contributed by atoms with Crippen LogP contribution in [0.3, 0.4) is 0 Å². The number of aromatic nitrogens is 2. The Kier molecular flexibility index (Phi) is 7.27. The molecule has 0 bridgehead atoms. The van der Waals surface area contributed by atoms with Gasteiger partial charge in [-0.3, -0.25) is 19.2 Å². The standard InChI is InChI=1S/C26H23ClF4N4O2S/c1-2-33-8-7-22(20(28)14-33)35-24(36)23(38-25(35)37)10-15-3-6-21-17(9-15)12-32-34(21)13-16-4-5-18(27)11-19(16)26(29,30)31/h3-6,9-12,20,22H,2,7-8,13-14H2,1H3/b23-10-/t20-,22+/m0/s1. The van der Waals surface area contributed by atoms with E-state index in [0.29, 0.717) is 36.0 Å². The molecular formula is C26H23ClF4N4O2S. The molecule has 1 aromatic heterocycles. The van der Waals surface area contributed by atoms with E-state index in [-0.39, 0.29) is 28.6 Å². The predicted molar refractivity (Wildman–Crippen MR) is 139 cm³/mol. The Morgan fingerprint density at radius 2 is 1.97 bits per heavy atom. The zero-order valence-corrected chi connectivity index (χ0v) is 21.8. The average Bonchev–Trinajstić information content (AvgIpc) is 3.38. The summed E-state index contributed by atoms with van der Waals surface area (Å²) in [6.45, 7) is 3.33. The smallest absolute Gasteiger partial charge is 0.301 e. The van der Waals surface area contributed by atoms with Gasteiger partial charge in [0.15, 0.2) is 0 Å². The SMILES string of the molecule is CCN1CC[C@@H](N2C(=O)S/C(=C\c3ccc4c(cnn4Cc4ccc(Cl)cc4C(F)(F)F)c3)C2=O)[C@@H](F)C1. The Balaban J connectivity index is 1.37. The molecule has 2 amide bonds. The van der Waals surface area contributed by atoms with E-state index in [0.717, 1.165) is 22.7 Å². The molecule has 2 fully saturated rings. The van der Waals surface area contributed by atoms with Gasteiger partial charge in [0.25, 0.3) is 11.1 Å². The van der Waals surface area contributed by atoms with Crippen LogP contribution in [0.15, 0.2) is 47.5 Å². The number of likely N-dealkylation sites (tertiary alicyclic amines) is 1. The van der Waals surface area contributed by atoms with Gasteiger partial charge in [-0.15, -0.1) is 0 Å². The van der Waals surface area contributed by atoms with Crippen molar-refractivity contribution in [3.05, 3.63) is 69.2 Å². The van der Waals surface area contributed by atoms with E-state index in [1.807, 2.05) is 11.8 Å². The molecule has 3 aromatic rings. The normalized spacial score (nSPS) is 22.3. The lowest BCUT2D eigenvalue weighted by atomic mass is 10.0. The van der Waals surface area contributed by atoms with Crippen molar-refractivity contribution in [2.45, 2.75) is 38.3 Å². The molecule has 38 heavy (non-hydrogen) atoms. The lowest BCUT2D eigenvalue weighted by Crippen LogP contribution is -2.53. The number of alkyl halides is 4. The summed E-state index contributed by atoms with van der Waals surface area (Å²) in [5.74, 6) is -0.518. The van der Waals surface area contributed by atoms with E-state index >= 15 is 0 Å². The minimum absolute atomic E-state index is 0.00564. The number of carbonyl (C=O) groups is 2. The predicted octanol–water partition coefficient (Wildman–Crippen LogP) is 6.23. The molecule has 0 saturated carbocycles. The molecular weight excluding hydrogens is 544 g/mol. The fourth-order valence-electron chi connectivity index (χ4n) is 4.88. The van der Waals surface area contributed by atoms with Crippen LogP contribution in [0.1, 0.15) is 30.0 Å². The van der Waals surface area contributed by atoms with Crippen LogP contribution in [0.25, 0.3) is 17.0 Å². The third-order valence-electron chi connectivity index (χ3n) is 6.85. The highest BCUT2D eigenvalue weighted by molar-refractivity contribution is 8.18. The number of piperidine rings is 1. The highest BCUT2D eigenvalue weighted by Crippen LogP contribution is 2.37. The lowest BCUT2D eigenvalue weighted by molar-refractivity contribution is -0.138. The van der Waals surface area contributed by atoms with Gasteiger partial charge in [-0.05, 0) is 66.2 Å². The van der Waals surface area contributed by atoms with Crippen molar-refractivity contribution in [1.82, 2.24) is 19.6 Å². The maximum absolute atomic E-state index is 14.8. The van der Waals surface area contributed by atoms with Crippen LogP contribution in [0.4, 0.5) is 22.4 Å². The monoisotopic (exact) mass is 566 g/mol. The van der Waals surface area contributed by atoms with Gasteiger partial charge in [0.1, 0.15) is 6.17 Å². The van der Waals surface area contributed by atoms with Gasteiger partial charge in [0, 0.05) is 23.5 Å². The van der Waals surface area contributed by atoms with Crippen molar-refractivity contribution in [2.75, 3.05) is 19.6 Å². The third-order valence-corrected chi connectivity index (χ3v) is 7.97. The first-order valence-corrected chi connectivity index (χ1v) is 13.2. The number of hydrogen-bond acceptors (Lipinski definition) is 5. The van der Waals surface area contributed by atoms with Crippen LogP contribution in [0, 0.1) is 0 Å². The van der Waals surface area contributed by atoms with Crippen molar-refractivity contribution >= 4 is 51.5 Å². The lowest BCUT2D eigenvalue weighted by Gasteiger charge is -2.37. The van der Waals surface area contributed by atoms with Gasteiger partial charge in [-0.1, -0.05) is 30.7 Å². The van der Waals surface area contributed by atoms with Crippen LogP contribution < -0.4 is 0 Å². The average molecular weight is 567 g/mol. The molecule has 0 aliphatic carbocycles. The molecule has 2 aromatic carbocycles. The fourth-order valence-corrected chi connectivity index (χ4v) is 5.94. The van der Waals surface area contributed by atoms with Crippen molar-refractivity contribution in [2.24, 2.45) is 0 Å². The molecule has 2 saturated heterocycles. The van der Waals surface area contributed by atoms with Gasteiger partial charge < -0.3 is 4.90 Å². The fraction of sp³-hybridized carbons (Fsp3) is 0.346. The van der Waals surface area contributed by atoms with E-state index < -0.39 is 35.1 Å². The summed E-state index contributed by atoms with van der Waals surface area (Å²) in [6, 6.07) is 7.96. The Morgan fingerprint density at radius 1 is 1.18 bits per heavy atom. The van der Waals surface area contributed by atoms with E-state index in [1.54, 1.807) is 24.3 Å². The molecule has 0 spiro atoms. The number of rotatable bonds is 5. The number of nitrogens with zero attached hydrogens (tertiary/aromatic N) is 4. The summed E-state index contributed by atoms with van der Waals surface area (Å²) < 4.78 is 56.8. The summed E-state index contributed by atoms with van der Waals surface area (Å²) in [6.07, 6.45) is -2.39. The second kappa shape index (κ2) is 10.3. The van der Waals surface area contributed by atoms with Crippen LogP contribution in [0.2, 0.25) is 5.02 Å². The molecule has 6 nitrogen and oxygen atoms in total. The van der Waals surface area contributed by atoms with Crippen LogP contribution in [0.5, 0.6) is 0 Å². The molecule has 2 aliphatic heterocycles. The topological polar surface area (TPSA) is 58.4 Å². The first-order valence-electron chi connectivity index (χ1n) is 12.0. The molecule has 0 radical (unpaired) electrons.